The van der Waals surface area contributed by atoms with Gasteiger partial charge in [0.2, 0.25) is 0 Å². The zero-order valence-electron chi connectivity index (χ0n) is 6.62. The fourth-order valence-electron chi connectivity index (χ4n) is 1.10. The van der Waals surface area contributed by atoms with Gasteiger partial charge in [-0.25, -0.2) is 9.50 Å². The van der Waals surface area contributed by atoms with E-state index in [0.29, 0.717) is 11.2 Å². The molecule has 0 fully saturated rings. The van der Waals surface area contributed by atoms with Crippen LogP contribution in [-0.2, 0) is 0 Å². The van der Waals surface area contributed by atoms with Gasteiger partial charge in [0.15, 0.2) is 11.5 Å². The summed E-state index contributed by atoms with van der Waals surface area (Å²) in [6.45, 7) is 0. The molecule has 6 heteroatoms. The van der Waals surface area contributed by atoms with Crippen LogP contribution in [0.4, 0.5) is 0 Å². The maximum Gasteiger partial charge on any atom is 0.173 e. The first-order valence-electron chi connectivity index (χ1n) is 3.59. The van der Waals surface area contributed by atoms with Gasteiger partial charge in [-0.15, -0.1) is 0 Å². The van der Waals surface area contributed by atoms with Crippen molar-refractivity contribution in [3.8, 4) is 0 Å². The standard InChI is InChI=1S/C7H7N5O/c8-6(11-13)5-2-1-3-12-7(5)9-4-10-12/h1-4,13H,(H2,8,11). The Morgan fingerprint density at radius 2 is 2.46 bits per heavy atom. The molecule has 0 unspecified atom stereocenters. The molecule has 0 aliphatic carbocycles. The number of nitrogens with two attached hydrogens (primary N) is 1. The van der Waals surface area contributed by atoms with Gasteiger partial charge in [-0.1, -0.05) is 5.16 Å². The summed E-state index contributed by atoms with van der Waals surface area (Å²) in [6, 6.07) is 3.45. The SMILES string of the molecule is N/C(=N/O)c1cccn2ncnc12. The number of nitrogens with zero attached hydrogens (tertiary/aromatic N) is 4. The van der Waals surface area contributed by atoms with Gasteiger partial charge in [-0.2, -0.15) is 5.10 Å². The minimum Gasteiger partial charge on any atom is -0.409 e. The molecule has 3 N–H and O–H groups in total. The molecule has 0 radical (unpaired) electrons. The van der Waals surface area contributed by atoms with E-state index in [2.05, 4.69) is 15.2 Å². The highest BCUT2D eigenvalue weighted by Gasteiger charge is 2.06. The fourth-order valence-corrected chi connectivity index (χ4v) is 1.10. The van der Waals surface area contributed by atoms with E-state index >= 15 is 0 Å². The van der Waals surface area contributed by atoms with Crippen LogP contribution in [0.2, 0.25) is 0 Å². The summed E-state index contributed by atoms with van der Waals surface area (Å²) in [5, 5.41) is 15.3. The summed E-state index contributed by atoms with van der Waals surface area (Å²) in [7, 11) is 0. The molecule has 0 amide bonds. The molecule has 0 atom stereocenters. The zero-order valence-corrected chi connectivity index (χ0v) is 6.62. The highest BCUT2D eigenvalue weighted by molar-refractivity contribution is 6.02. The summed E-state index contributed by atoms with van der Waals surface area (Å²) >= 11 is 0. The number of oxime groups is 1. The second-order valence-electron chi connectivity index (χ2n) is 2.44. The minimum absolute atomic E-state index is 0.0265. The van der Waals surface area contributed by atoms with Crippen molar-refractivity contribution >= 4 is 11.5 Å². The number of pyridine rings is 1. The third-order valence-corrected chi connectivity index (χ3v) is 1.69. The summed E-state index contributed by atoms with van der Waals surface area (Å²) in [5.41, 5.74) is 6.56. The molecule has 2 aromatic heterocycles. The van der Waals surface area contributed by atoms with Crippen molar-refractivity contribution in [3.05, 3.63) is 30.2 Å². The molecule has 13 heavy (non-hydrogen) atoms. The van der Waals surface area contributed by atoms with Crippen LogP contribution in [0.25, 0.3) is 5.65 Å². The van der Waals surface area contributed by atoms with Crippen LogP contribution in [0.3, 0.4) is 0 Å². The van der Waals surface area contributed by atoms with Gasteiger partial charge in [-0.05, 0) is 12.1 Å². The normalized spacial score (nSPS) is 12.2. The van der Waals surface area contributed by atoms with Crippen LogP contribution in [0.15, 0.2) is 29.8 Å². The fraction of sp³-hybridized carbons (Fsp3) is 0. The highest BCUT2D eigenvalue weighted by atomic mass is 16.4. The third-order valence-electron chi connectivity index (χ3n) is 1.69. The Hall–Kier alpha value is -2.11. The lowest BCUT2D eigenvalue weighted by Gasteiger charge is -1.98. The average molecular weight is 177 g/mol. The first-order valence-corrected chi connectivity index (χ1v) is 3.59. The van der Waals surface area contributed by atoms with Crippen molar-refractivity contribution in [2.24, 2.45) is 10.9 Å². The van der Waals surface area contributed by atoms with Gasteiger partial charge in [0.1, 0.15) is 6.33 Å². The van der Waals surface area contributed by atoms with E-state index in [-0.39, 0.29) is 5.84 Å². The lowest BCUT2D eigenvalue weighted by atomic mass is 10.2. The van der Waals surface area contributed by atoms with Gasteiger partial charge in [0.05, 0.1) is 5.56 Å². The maximum atomic E-state index is 8.49. The van der Waals surface area contributed by atoms with Crippen LogP contribution in [0, 0.1) is 0 Å². The van der Waals surface area contributed by atoms with E-state index in [0.717, 1.165) is 0 Å². The van der Waals surface area contributed by atoms with Crippen LogP contribution in [-0.4, -0.2) is 25.6 Å². The van der Waals surface area contributed by atoms with Crippen molar-refractivity contribution in [1.82, 2.24) is 14.6 Å². The molecule has 2 heterocycles. The molecule has 0 saturated carbocycles. The number of hydrogen-bond donors (Lipinski definition) is 2. The van der Waals surface area contributed by atoms with Crippen molar-refractivity contribution in [2.45, 2.75) is 0 Å². The number of rotatable bonds is 1. The molecule has 0 saturated heterocycles. The second-order valence-corrected chi connectivity index (χ2v) is 2.44. The lowest BCUT2D eigenvalue weighted by Crippen LogP contribution is -2.14. The topological polar surface area (TPSA) is 88.8 Å². The Labute approximate surface area is 73.3 Å². The average Bonchev–Trinajstić information content (AvgIpc) is 2.63. The second kappa shape index (κ2) is 2.74. The summed E-state index contributed by atoms with van der Waals surface area (Å²) in [5.74, 6) is 0.0265. The van der Waals surface area contributed by atoms with Crippen molar-refractivity contribution < 1.29 is 5.21 Å². The van der Waals surface area contributed by atoms with E-state index in [1.165, 1.54) is 6.33 Å². The van der Waals surface area contributed by atoms with Gasteiger partial charge in [0, 0.05) is 6.20 Å². The first kappa shape index (κ1) is 7.53. The predicted molar refractivity (Wildman–Crippen MR) is 45.5 cm³/mol. The van der Waals surface area contributed by atoms with E-state index in [9.17, 15) is 0 Å². The Morgan fingerprint density at radius 3 is 3.23 bits per heavy atom. The Kier molecular flexibility index (Phi) is 1.59. The number of hydrogen-bond acceptors (Lipinski definition) is 4. The van der Waals surface area contributed by atoms with Gasteiger partial charge < -0.3 is 10.9 Å². The quantitative estimate of drug-likeness (QED) is 0.274. The van der Waals surface area contributed by atoms with Crippen LogP contribution in [0.5, 0.6) is 0 Å². The van der Waals surface area contributed by atoms with E-state index in [1.807, 2.05) is 0 Å². The Morgan fingerprint density at radius 1 is 1.62 bits per heavy atom. The Bertz CT molecular complexity index is 461. The molecule has 0 aliphatic heterocycles. The predicted octanol–water partition coefficient (Wildman–Crippen LogP) is -0.176. The van der Waals surface area contributed by atoms with Crippen molar-refractivity contribution in [2.75, 3.05) is 0 Å². The summed E-state index contributed by atoms with van der Waals surface area (Å²) in [6.07, 6.45) is 3.14. The van der Waals surface area contributed by atoms with Crippen LogP contribution < -0.4 is 5.73 Å². The molecular formula is C7H7N5O. The molecule has 2 rings (SSSR count). The third kappa shape index (κ3) is 1.08. The van der Waals surface area contributed by atoms with Gasteiger partial charge in [-0.3, -0.25) is 0 Å². The van der Waals surface area contributed by atoms with Crippen LogP contribution in [0.1, 0.15) is 5.56 Å². The molecular weight excluding hydrogens is 170 g/mol. The van der Waals surface area contributed by atoms with Gasteiger partial charge in [0.25, 0.3) is 0 Å². The molecule has 6 nitrogen and oxygen atoms in total. The molecule has 0 spiro atoms. The zero-order chi connectivity index (χ0) is 9.26. The summed E-state index contributed by atoms with van der Waals surface area (Å²) in [4.78, 5) is 3.97. The molecule has 0 bridgehead atoms. The minimum atomic E-state index is 0.0265. The smallest absolute Gasteiger partial charge is 0.173 e. The van der Waals surface area contributed by atoms with Crippen molar-refractivity contribution in [3.63, 3.8) is 0 Å². The Balaban J connectivity index is 2.75. The highest BCUT2D eigenvalue weighted by Crippen LogP contribution is 2.05. The number of fused-ring (bicyclic) bond motifs is 1. The van der Waals surface area contributed by atoms with E-state index in [1.54, 1.807) is 22.8 Å². The maximum absolute atomic E-state index is 8.49. The lowest BCUT2D eigenvalue weighted by molar-refractivity contribution is 0.318. The molecule has 66 valence electrons. The van der Waals surface area contributed by atoms with Gasteiger partial charge >= 0.3 is 0 Å². The largest absolute Gasteiger partial charge is 0.409 e. The monoisotopic (exact) mass is 177 g/mol. The molecule has 0 aromatic carbocycles. The molecule has 0 aliphatic rings. The number of amidine groups is 1. The van der Waals surface area contributed by atoms with E-state index in [4.69, 9.17) is 10.9 Å². The number of aromatic nitrogens is 3. The van der Waals surface area contributed by atoms with Crippen molar-refractivity contribution in [1.29, 1.82) is 0 Å². The first-order chi connectivity index (χ1) is 6.33. The van der Waals surface area contributed by atoms with E-state index < -0.39 is 0 Å². The summed E-state index contributed by atoms with van der Waals surface area (Å²) < 4.78 is 1.55. The molecule has 2 aromatic rings. The van der Waals surface area contributed by atoms with Crippen LogP contribution >= 0.6 is 0 Å².